The van der Waals surface area contributed by atoms with Crippen molar-refractivity contribution in [1.29, 1.82) is 0 Å². The second-order valence-corrected chi connectivity index (χ2v) is 4.85. The molecule has 6 nitrogen and oxygen atoms in total. The molecule has 0 unspecified atom stereocenters. The lowest BCUT2D eigenvalue weighted by Gasteiger charge is -2.21. The fraction of sp³-hybridized carbons (Fsp3) is 0.462. The summed E-state index contributed by atoms with van der Waals surface area (Å²) in [6.45, 7) is 5.79. The Hall–Kier alpha value is -2.11. The highest BCUT2D eigenvalue weighted by Gasteiger charge is 2.24. The van der Waals surface area contributed by atoms with Crippen LogP contribution in [0.15, 0.2) is 23.2 Å². The summed E-state index contributed by atoms with van der Waals surface area (Å²) in [7, 11) is 1.91. The Morgan fingerprint density at radius 1 is 1.42 bits per heavy atom. The number of aryl methyl sites for hydroxylation is 2. The second-order valence-electron chi connectivity index (χ2n) is 4.85. The maximum atomic E-state index is 12.2. The molecule has 0 fully saturated rings. The Bertz CT molecular complexity index is 571. The molecular weight excluding hydrogens is 244 g/mol. The zero-order chi connectivity index (χ0) is 14.0. The van der Waals surface area contributed by atoms with Crippen molar-refractivity contribution >= 4 is 5.91 Å². The number of carbonyl (C=O) groups excluding carboxylic acids is 1. The van der Waals surface area contributed by atoms with Crippen molar-refractivity contribution in [2.45, 2.75) is 26.8 Å². The van der Waals surface area contributed by atoms with Crippen molar-refractivity contribution in [2.24, 2.45) is 13.0 Å². The van der Waals surface area contributed by atoms with E-state index in [2.05, 4.69) is 15.3 Å². The maximum absolute atomic E-state index is 12.2. The Kier molecular flexibility index (Phi) is 3.69. The first-order valence-electron chi connectivity index (χ1n) is 6.19. The summed E-state index contributed by atoms with van der Waals surface area (Å²) < 4.78 is 6.95. The van der Waals surface area contributed by atoms with Crippen LogP contribution in [-0.4, -0.2) is 20.4 Å². The summed E-state index contributed by atoms with van der Waals surface area (Å²) >= 11 is 0. The van der Waals surface area contributed by atoms with Gasteiger partial charge in [0, 0.05) is 19.4 Å². The predicted octanol–water partition coefficient (Wildman–Crippen LogP) is 1.84. The summed E-state index contributed by atoms with van der Waals surface area (Å²) in [6.07, 6.45) is 4.85. The van der Waals surface area contributed by atoms with Crippen LogP contribution in [0.2, 0.25) is 0 Å². The topological polar surface area (TPSA) is 73.0 Å². The monoisotopic (exact) mass is 262 g/mol. The van der Waals surface area contributed by atoms with Gasteiger partial charge in [-0.3, -0.25) is 4.79 Å². The quantitative estimate of drug-likeness (QED) is 0.912. The van der Waals surface area contributed by atoms with Gasteiger partial charge < -0.3 is 14.3 Å². The molecule has 0 bridgehead atoms. The van der Waals surface area contributed by atoms with Gasteiger partial charge in [-0.1, -0.05) is 13.8 Å². The summed E-state index contributed by atoms with van der Waals surface area (Å²) in [5, 5.41) is 2.96. The summed E-state index contributed by atoms with van der Waals surface area (Å²) in [5.41, 5.74) is 0.319. The van der Waals surface area contributed by atoms with Crippen molar-refractivity contribution < 1.29 is 9.21 Å². The van der Waals surface area contributed by atoms with Crippen LogP contribution in [0.3, 0.4) is 0 Å². The van der Waals surface area contributed by atoms with Gasteiger partial charge in [0.2, 0.25) is 0 Å². The molecular formula is C13H18N4O2. The molecule has 2 heterocycles. The number of rotatable bonds is 4. The zero-order valence-electron chi connectivity index (χ0n) is 11.5. The fourth-order valence-electron chi connectivity index (χ4n) is 1.94. The first kappa shape index (κ1) is 13.3. The number of nitrogens with zero attached hydrogens (tertiary/aromatic N) is 3. The number of carbonyl (C=O) groups is 1. The number of imidazole rings is 1. The first-order valence-corrected chi connectivity index (χ1v) is 6.19. The van der Waals surface area contributed by atoms with Crippen LogP contribution in [0, 0.1) is 12.8 Å². The smallest absolute Gasteiger partial charge is 0.274 e. The Balaban J connectivity index is 2.21. The number of aromatic nitrogens is 3. The lowest BCUT2D eigenvalue weighted by atomic mass is 10.0. The molecule has 0 aliphatic carbocycles. The third kappa shape index (κ3) is 2.67. The van der Waals surface area contributed by atoms with Gasteiger partial charge in [0.1, 0.15) is 11.6 Å². The molecule has 2 aromatic rings. The van der Waals surface area contributed by atoms with Gasteiger partial charge in [-0.05, 0) is 12.8 Å². The highest BCUT2D eigenvalue weighted by Crippen LogP contribution is 2.20. The third-order valence-electron chi connectivity index (χ3n) is 3.05. The largest absolute Gasteiger partial charge is 0.448 e. The van der Waals surface area contributed by atoms with Crippen LogP contribution in [0.25, 0.3) is 0 Å². The molecule has 0 spiro atoms. The van der Waals surface area contributed by atoms with E-state index in [1.807, 2.05) is 31.7 Å². The molecule has 1 atom stereocenters. The van der Waals surface area contributed by atoms with Gasteiger partial charge in [0.25, 0.3) is 5.91 Å². The average Bonchev–Trinajstić information content (AvgIpc) is 2.94. The standard InChI is InChI=1S/C13H18N4O2/c1-8(2)10(12-14-5-6-17(12)4)16-13(18)11-9(3)19-7-15-11/h5-8,10H,1-4H3,(H,16,18)/t10-/m1/s1. The molecule has 0 saturated carbocycles. The van der Waals surface area contributed by atoms with Crippen LogP contribution in [0.1, 0.15) is 42.0 Å². The third-order valence-corrected chi connectivity index (χ3v) is 3.05. The number of hydrogen-bond donors (Lipinski definition) is 1. The van der Waals surface area contributed by atoms with Gasteiger partial charge in [-0.25, -0.2) is 9.97 Å². The Labute approximate surface area is 111 Å². The van der Waals surface area contributed by atoms with E-state index in [0.717, 1.165) is 5.82 Å². The summed E-state index contributed by atoms with van der Waals surface area (Å²) in [5.74, 6) is 1.31. The Morgan fingerprint density at radius 2 is 2.16 bits per heavy atom. The number of oxazole rings is 1. The Morgan fingerprint density at radius 3 is 2.63 bits per heavy atom. The van der Waals surface area contributed by atoms with Crippen molar-refractivity contribution in [3.63, 3.8) is 0 Å². The average molecular weight is 262 g/mol. The molecule has 0 aliphatic heterocycles. The lowest BCUT2D eigenvalue weighted by molar-refractivity contribution is 0.0916. The van der Waals surface area contributed by atoms with Gasteiger partial charge in [-0.15, -0.1) is 0 Å². The van der Waals surface area contributed by atoms with Crippen LogP contribution in [0.5, 0.6) is 0 Å². The van der Waals surface area contributed by atoms with Gasteiger partial charge in [0.05, 0.1) is 6.04 Å². The van der Waals surface area contributed by atoms with Crippen molar-refractivity contribution in [1.82, 2.24) is 19.9 Å². The molecule has 0 saturated heterocycles. The van der Waals surface area contributed by atoms with E-state index in [0.29, 0.717) is 11.5 Å². The van der Waals surface area contributed by atoms with E-state index in [1.165, 1.54) is 6.39 Å². The molecule has 1 N–H and O–H groups in total. The van der Waals surface area contributed by atoms with E-state index < -0.39 is 0 Å². The van der Waals surface area contributed by atoms with Crippen LogP contribution >= 0.6 is 0 Å². The molecule has 1 amide bonds. The molecule has 0 aromatic carbocycles. The second kappa shape index (κ2) is 5.26. The molecule has 0 radical (unpaired) electrons. The molecule has 102 valence electrons. The van der Waals surface area contributed by atoms with Gasteiger partial charge in [-0.2, -0.15) is 0 Å². The molecule has 6 heteroatoms. The van der Waals surface area contributed by atoms with E-state index in [-0.39, 0.29) is 17.9 Å². The minimum Gasteiger partial charge on any atom is -0.448 e. The lowest BCUT2D eigenvalue weighted by Crippen LogP contribution is -2.34. The van der Waals surface area contributed by atoms with Gasteiger partial charge >= 0.3 is 0 Å². The molecule has 19 heavy (non-hydrogen) atoms. The number of hydrogen-bond acceptors (Lipinski definition) is 4. The summed E-state index contributed by atoms with van der Waals surface area (Å²) in [6, 6.07) is -0.163. The van der Waals surface area contributed by atoms with Crippen LogP contribution < -0.4 is 5.32 Å². The van der Waals surface area contributed by atoms with Gasteiger partial charge in [0.15, 0.2) is 12.1 Å². The summed E-state index contributed by atoms with van der Waals surface area (Å²) in [4.78, 5) is 20.4. The fourth-order valence-corrected chi connectivity index (χ4v) is 1.94. The van der Waals surface area contributed by atoms with E-state index in [4.69, 9.17) is 4.42 Å². The normalized spacial score (nSPS) is 12.7. The van der Waals surface area contributed by atoms with E-state index in [1.54, 1.807) is 13.1 Å². The van der Waals surface area contributed by atoms with Crippen molar-refractivity contribution in [3.8, 4) is 0 Å². The molecule has 2 aromatic heterocycles. The molecule has 0 aliphatic rings. The highest BCUT2D eigenvalue weighted by molar-refractivity contribution is 5.93. The zero-order valence-corrected chi connectivity index (χ0v) is 11.5. The number of nitrogens with one attached hydrogen (secondary N) is 1. The maximum Gasteiger partial charge on any atom is 0.274 e. The van der Waals surface area contributed by atoms with E-state index >= 15 is 0 Å². The number of amides is 1. The molecule has 2 rings (SSSR count). The predicted molar refractivity (Wildman–Crippen MR) is 69.5 cm³/mol. The SMILES string of the molecule is Cc1ocnc1C(=O)N[C@@H](c1nccn1C)C(C)C. The first-order chi connectivity index (χ1) is 9.00. The van der Waals surface area contributed by atoms with Crippen molar-refractivity contribution in [3.05, 3.63) is 36.1 Å². The minimum absolute atomic E-state index is 0.163. The van der Waals surface area contributed by atoms with Crippen LogP contribution in [0.4, 0.5) is 0 Å². The minimum atomic E-state index is -0.243. The van der Waals surface area contributed by atoms with Crippen LogP contribution in [-0.2, 0) is 7.05 Å². The highest BCUT2D eigenvalue weighted by atomic mass is 16.3. The van der Waals surface area contributed by atoms with Crippen molar-refractivity contribution in [2.75, 3.05) is 0 Å². The van der Waals surface area contributed by atoms with E-state index in [9.17, 15) is 4.79 Å².